The zero-order chi connectivity index (χ0) is 42.9. The van der Waals surface area contributed by atoms with Gasteiger partial charge in [-0.1, -0.05) is 53.5 Å². The number of hydrogen-bond acceptors (Lipinski definition) is 9. The first-order valence-corrected chi connectivity index (χ1v) is 22.0. The van der Waals surface area contributed by atoms with Crippen molar-refractivity contribution in [3.05, 3.63) is 91.7 Å². The predicted molar refractivity (Wildman–Crippen MR) is 230 cm³/mol. The van der Waals surface area contributed by atoms with Gasteiger partial charge in [-0.05, 0) is 89.6 Å². The maximum atomic E-state index is 14.1. The summed E-state index contributed by atoms with van der Waals surface area (Å²) in [4.78, 5) is 64.2. The standard InChI is InChI=1S/C45H58Cl2N6O7/c1-45(2,3)60-44(59)53-18-16-50(17-19-53)27-29-9-6-5-8-28(29)12-15-35-39(42(55)56)41(38-33(46)10-7-11-34(38)47)40(43(57)58)36(48-35)26-37(54)52-22-20-51(21-23-52)32-24-30-13-14-31(25-32)49(30)4/h5-11,30-32,41,48H,12-27H2,1-4H3,(H,55,56)(H,57,58). The summed E-state index contributed by atoms with van der Waals surface area (Å²) in [5, 5.41) is 25.1. The molecule has 5 heterocycles. The third-order valence-corrected chi connectivity index (χ3v) is 13.7. The molecule has 3 unspecified atom stereocenters. The minimum Gasteiger partial charge on any atom is -0.478 e. The summed E-state index contributed by atoms with van der Waals surface area (Å²) in [7, 11) is 2.23. The lowest BCUT2D eigenvalue weighted by Crippen LogP contribution is -2.56. The molecular weight excluding hydrogens is 807 g/mol. The molecule has 7 rings (SSSR count). The molecule has 0 aliphatic carbocycles. The van der Waals surface area contributed by atoms with Gasteiger partial charge in [0, 0.05) is 104 Å². The van der Waals surface area contributed by atoms with E-state index in [9.17, 15) is 29.4 Å². The van der Waals surface area contributed by atoms with E-state index >= 15 is 0 Å². The molecule has 4 fully saturated rings. The number of amides is 2. The number of piperazine rings is 2. The second-order valence-electron chi connectivity index (χ2n) is 17.9. The Labute approximate surface area is 362 Å². The number of fused-ring (bicyclic) bond motifs is 2. The lowest BCUT2D eigenvalue weighted by atomic mass is 9.78. The van der Waals surface area contributed by atoms with E-state index in [0.29, 0.717) is 76.1 Å². The number of carboxylic acids is 2. The maximum Gasteiger partial charge on any atom is 0.410 e. The molecule has 5 aliphatic rings. The number of aliphatic carboxylic acids is 2. The number of carboxylic acid groups (broad SMARTS) is 2. The van der Waals surface area contributed by atoms with Crippen molar-refractivity contribution in [2.75, 3.05) is 59.4 Å². The van der Waals surface area contributed by atoms with Crippen LogP contribution in [-0.4, -0.2) is 142 Å². The highest BCUT2D eigenvalue weighted by Gasteiger charge is 2.43. The third-order valence-electron chi connectivity index (χ3n) is 13.0. The minimum absolute atomic E-state index is 0.132. The van der Waals surface area contributed by atoms with Crippen LogP contribution in [0.2, 0.25) is 10.0 Å². The van der Waals surface area contributed by atoms with Crippen molar-refractivity contribution < 1.29 is 34.1 Å². The van der Waals surface area contributed by atoms with Crippen molar-refractivity contribution in [2.45, 2.75) is 102 Å². The molecule has 3 N–H and O–H groups in total. The molecule has 15 heteroatoms. The number of ether oxygens (including phenoxy) is 1. The summed E-state index contributed by atoms with van der Waals surface area (Å²) >= 11 is 13.4. The van der Waals surface area contributed by atoms with Crippen LogP contribution < -0.4 is 5.32 Å². The number of aryl methyl sites for hydroxylation is 1. The fourth-order valence-corrected chi connectivity index (χ4v) is 10.5. The lowest BCUT2D eigenvalue weighted by Gasteiger charge is -2.45. The summed E-state index contributed by atoms with van der Waals surface area (Å²) in [5.74, 6) is -4.23. The number of carbonyl (C=O) groups is 4. The van der Waals surface area contributed by atoms with Crippen LogP contribution in [0.15, 0.2) is 65.0 Å². The van der Waals surface area contributed by atoms with E-state index < -0.39 is 23.5 Å². The molecule has 4 saturated heterocycles. The van der Waals surface area contributed by atoms with Crippen molar-refractivity contribution in [3.8, 4) is 0 Å². The molecule has 2 amide bonds. The fraction of sp³-hybridized carbons (Fsp3) is 0.556. The topological polar surface area (TPSA) is 146 Å². The van der Waals surface area contributed by atoms with Crippen LogP contribution >= 0.6 is 23.2 Å². The van der Waals surface area contributed by atoms with Gasteiger partial charge in [0.1, 0.15) is 5.60 Å². The number of nitrogens with zero attached hydrogens (tertiary/aromatic N) is 5. The molecule has 324 valence electrons. The Hall–Kier alpha value is -4.14. The van der Waals surface area contributed by atoms with Crippen LogP contribution in [0.3, 0.4) is 0 Å². The van der Waals surface area contributed by atoms with Crippen molar-refractivity contribution in [2.24, 2.45) is 0 Å². The lowest BCUT2D eigenvalue weighted by molar-refractivity contribution is -0.133. The van der Waals surface area contributed by atoms with Crippen LogP contribution in [0.4, 0.5) is 4.79 Å². The quantitative estimate of drug-likeness (QED) is 0.237. The molecule has 0 aromatic heterocycles. The van der Waals surface area contributed by atoms with Gasteiger partial charge in [-0.15, -0.1) is 0 Å². The second-order valence-corrected chi connectivity index (χ2v) is 18.7. The SMILES string of the molecule is CN1C2CCC1CC(N1CCN(C(=O)CC3=C(C(=O)O)C(c4c(Cl)cccc4Cl)C(C(=O)O)=C(CCc4ccccc4CN4CCN(C(=O)OC(C)(C)C)CC4)N3)CC1)C2. The second kappa shape index (κ2) is 18.5. The number of carbonyl (C=O) groups excluding carboxylic acids is 2. The summed E-state index contributed by atoms with van der Waals surface area (Å²) in [6.07, 6.45) is 4.85. The summed E-state index contributed by atoms with van der Waals surface area (Å²) in [6.45, 7) is 11.2. The van der Waals surface area contributed by atoms with Crippen molar-refractivity contribution in [1.82, 2.24) is 29.8 Å². The van der Waals surface area contributed by atoms with E-state index in [0.717, 1.165) is 37.1 Å². The highest BCUT2D eigenvalue weighted by Crippen LogP contribution is 2.45. The Morgan fingerprint density at radius 3 is 1.88 bits per heavy atom. The summed E-state index contributed by atoms with van der Waals surface area (Å²) in [6, 6.07) is 14.5. The number of nitrogens with one attached hydrogen (secondary N) is 1. The highest BCUT2D eigenvalue weighted by atomic mass is 35.5. The van der Waals surface area contributed by atoms with Gasteiger partial charge in [-0.25, -0.2) is 14.4 Å². The van der Waals surface area contributed by atoms with Crippen molar-refractivity contribution in [3.63, 3.8) is 0 Å². The average molecular weight is 866 g/mol. The third kappa shape index (κ3) is 9.81. The zero-order valence-electron chi connectivity index (χ0n) is 35.1. The Morgan fingerprint density at radius 2 is 1.30 bits per heavy atom. The number of halogens is 2. The zero-order valence-corrected chi connectivity index (χ0v) is 36.6. The van der Waals surface area contributed by atoms with Gasteiger partial charge >= 0.3 is 18.0 Å². The molecule has 2 aromatic rings. The van der Waals surface area contributed by atoms with Gasteiger partial charge in [-0.3, -0.25) is 14.6 Å². The van der Waals surface area contributed by atoms with Gasteiger partial charge < -0.3 is 35.0 Å². The first-order valence-electron chi connectivity index (χ1n) is 21.2. The Balaban J connectivity index is 1.10. The summed E-state index contributed by atoms with van der Waals surface area (Å²) in [5.41, 5.74) is 1.68. The number of benzene rings is 2. The number of piperidine rings is 1. The first-order chi connectivity index (χ1) is 28.6. The largest absolute Gasteiger partial charge is 0.478 e. The van der Waals surface area contributed by atoms with Crippen LogP contribution in [0.25, 0.3) is 0 Å². The molecule has 0 spiro atoms. The van der Waals surface area contributed by atoms with Gasteiger partial charge in [0.2, 0.25) is 5.91 Å². The van der Waals surface area contributed by atoms with Gasteiger partial charge in [0.25, 0.3) is 0 Å². The van der Waals surface area contributed by atoms with E-state index in [-0.39, 0.29) is 57.3 Å². The molecule has 0 radical (unpaired) electrons. The Kier molecular flexibility index (Phi) is 13.5. The molecule has 0 saturated carbocycles. The van der Waals surface area contributed by atoms with Crippen molar-refractivity contribution in [1.29, 1.82) is 0 Å². The van der Waals surface area contributed by atoms with Crippen LogP contribution in [0.1, 0.15) is 81.9 Å². The smallest absolute Gasteiger partial charge is 0.410 e. The van der Waals surface area contributed by atoms with Gasteiger partial charge in [-0.2, -0.15) is 0 Å². The predicted octanol–water partition coefficient (Wildman–Crippen LogP) is 6.20. The maximum absolute atomic E-state index is 14.1. The van der Waals surface area contributed by atoms with Gasteiger partial charge in [0.05, 0.1) is 23.5 Å². The fourth-order valence-electron chi connectivity index (χ4n) is 9.88. The van der Waals surface area contributed by atoms with E-state index in [1.54, 1.807) is 28.0 Å². The van der Waals surface area contributed by atoms with E-state index in [4.69, 9.17) is 27.9 Å². The number of hydrogen-bond donors (Lipinski definition) is 3. The molecular formula is C45H58Cl2N6O7. The van der Waals surface area contributed by atoms with Crippen LogP contribution in [0.5, 0.6) is 0 Å². The molecule has 13 nitrogen and oxygen atoms in total. The van der Waals surface area contributed by atoms with Crippen molar-refractivity contribution >= 4 is 47.1 Å². The van der Waals surface area contributed by atoms with Gasteiger partial charge in [0.15, 0.2) is 0 Å². The molecule has 2 bridgehead atoms. The molecule has 3 atom stereocenters. The molecule has 5 aliphatic heterocycles. The molecule has 60 heavy (non-hydrogen) atoms. The Bertz CT molecular complexity index is 2000. The number of allylic oxidation sites excluding steroid dienone is 1. The number of dihydropyridines is 1. The average Bonchev–Trinajstić information content (AvgIpc) is 3.38. The first kappa shape index (κ1) is 43.9. The minimum atomic E-state index is -1.36. The summed E-state index contributed by atoms with van der Waals surface area (Å²) < 4.78 is 5.57. The number of rotatable bonds is 11. The van der Waals surface area contributed by atoms with E-state index in [2.05, 4.69) is 27.1 Å². The molecule has 2 aromatic carbocycles. The van der Waals surface area contributed by atoms with Crippen LogP contribution in [-0.2, 0) is 32.1 Å². The normalized spacial score (nSPS) is 24.4. The van der Waals surface area contributed by atoms with Crippen LogP contribution in [0, 0.1) is 0 Å². The van der Waals surface area contributed by atoms with E-state index in [1.807, 2.05) is 45.0 Å². The monoisotopic (exact) mass is 864 g/mol. The van der Waals surface area contributed by atoms with E-state index in [1.165, 1.54) is 12.8 Å². The highest BCUT2D eigenvalue weighted by molar-refractivity contribution is 6.36. The Morgan fingerprint density at radius 1 is 0.733 bits per heavy atom.